The molecule has 13 heavy (non-hydrogen) atoms. The molecule has 0 saturated heterocycles. The van der Waals surface area contributed by atoms with Crippen molar-refractivity contribution in [3.8, 4) is 0 Å². The van der Waals surface area contributed by atoms with Crippen LogP contribution in [0.2, 0.25) is 0 Å². The standard InChI is InChI=1S/C9H15NO3/c1-9(2,12-3)5-7-4-8(6-11)13-10-7/h4,11H,5-6H2,1-3H3. The SMILES string of the molecule is COC(C)(C)Cc1cc(CO)on1. The lowest BCUT2D eigenvalue weighted by Gasteiger charge is -2.20. The lowest BCUT2D eigenvalue weighted by atomic mass is 10.0. The van der Waals surface area contributed by atoms with E-state index in [-0.39, 0.29) is 12.2 Å². The van der Waals surface area contributed by atoms with Gasteiger partial charge in [0.2, 0.25) is 0 Å². The molecule has 0 amide bonds. The molecule has 0 bridgehead atoms. The first-order valence-corrected chi connectivity index (χ1v) is 4.18. The van der Waals surface area contributed by atoms with Gasteiger partial charge in [-0.1, -0.05) is 5.16 Å². The van der Waals surface area contributed by atoms with Crippen LogP contribution < -0.4 is 0 Å². The van der Waals surface area contributed by atoms with Gasteiger partial charge in [0.1, 0.15) is 6.61 Å². The van der Waals surface area contributed by atoms with Crippen molar-refractivity contribution in [2.45, 2.75) is 32.5 Å². The molecule has 1 heterocycles. The molecule has 1 aromatic rings. The summed E-state index contributed by atoms with van der Waals surface area (Å²) in [6, 6.07) is 1.74. The number of ether oxygens (including phenoxy) is 1. The molecule has 0 unspecified atom stereocenters. The summed E-state index contributed by atoms with van der Waals surface area (Å²) >= 11 is 0. The Labute approximate surface area is 77.5 Å². The van der Waals surface area contributed by atoms with Crippen LogP contribution in [0.1, 0.15) is 25.3 Å². The lowest BCUT2D eigenvalue weighted by molar-refractivity contribution is 0.0218. The van der Waals surface area contributed by atoms with Gasteiger partial charge in [-0.25, -0.2) is 0 Å². The lowest BCUT2D eigenvalue weighted by Crippen LogP contribution is -2.25. The van der Waals surface area contributed by atoms with Crippen molar-refractivity contribution in [3.05, 3.63) is 17.5 Å². The average molecular weight is 185 g/mol. The van der Waals surface area contributed by atoms with E-state index < -0.39 is 0 Å². The highest BCUT2D eigenvalue weighted by molar-refractivity contribution is 5.06. The van der Waals surface area contributed by atoms with Gasteiger partial charge in [-0.05, 0) is 13.8 Å². The van der Waals surface area contributed by atoms with Gasteiger partial charge in [-0.15, -0.1) is 0 Å². The van der Waals surface area contributed by atoms with E-state index in [0.717, 1.165) is 5.69 Å². The fourth-order valence-corrected chi connectivity index (χ4v) is 1.02. The molecule has 0 atom stereocenters. The minimum atomic E-state index is -0.246. The van der Waals surface area contributed by atoms with E-state index in [1.165, 1.54) is 0 Å². The van der Waals surface area contributed by atoms with Crippen molar-refractivity contribution in [2.24, 2.45) is 0 Å². The second-order valence-corrected chi connectivity index (χ2v) is 3.58. The molecule has 1 aromatic heterocycles. The molecule has 0 aliphatic rings. The van der Waals surface area contributed by atoms with Gasteiger partial charge < -0.3 is 14.4 Å². The van der Waals surface area contributed by atoms with E-state index in [1.807, 2.05) is 13.8 Å². The molecule has 1 N–H and O–H groups in total. The van der Waals surface area contributed by atoms with E-state index in [1.54, 1.807) is 13.2 Å². The molecule has 0 fully saturated rings. The maximum Gasteiger partial charge on any atom is 0.162 e. The summed E-state index contributed by atoms with van der Waals surface area (Å²) < 4.78 is 10.1. The van der Waals surface area contributed by atoms with Gasteiger partial charge in [0, 0.05) is 19.6 Å². The zero-order chi connectivity index (χ0) is 9.90. The second kappa shape index (κ2) is 3.89. The molecule has 0 aliphatic carbocycles. The summed E-state index contributed by atoms with van der Waals surface area (Å²) in [5.41, 5.74) is 0.555. The third-order valence-electron chi connectivity index (χ3n) is 1.92. The Kier molecular flexibility index (Phi) is 3.06. The Balaban J connectivity index is 2.63. The van der Waals surface area contributed by atoms with Crippen LogP contribution in [0.3, 0.4) is 0 Å². The first-order chi connectivity index (χ1) is 6.07. The number of rotatable bonds is 4. The normalized spacial score (nSPS) is 12.0. The van der Waals surface area contributed by atoms with Crippen molar-refractivity contribution >= 4 is 0 Å². The van der Waals surface area contributed by atoms with Crippen LogP contribution in [-0.4, -0.2) is 23.0 Å². The van der Waals surface area contributed by atoms with Crippen LogP contribution in [0.4, 0.5) is 0 Å². The predicted molar refractivity (Wildman–Crippen MR) is 47.2 cm³/mol. The Morgan fingerprint density at radius 2 is 2.31 bits per heavy atom. The highest BCUT2D eigenvalue weighted by Gasteiger charge is 2.19. The maximum absolute atomic E-state index is 8.74. The van der Waals surface area contributed by atoms with Crippen molar-refractivity contribution in [1.29, 1.82) is 0 Å². The maximum atomic E-state index is 8.74. The number of hydrogen-bond donors (Lipinski definition) is 1. The van der Waals surface area contributed by atoms with Gasteiger partial charge in [0.15, 0.2) is 5.76 Å². The predicted octanol–water partition coefficient (Wildman–Crippen LogP) is 1.13. The monoisotopic (exact) mass is 185 g/mol. The summed E-state index contributed by atoms with van der Waals surface area (Å²) in [7, 11) is 1.66. The first kappa shape index (κ1) is 10.2. The van der Waals surface area contributed by atoms with Crippen LogP contribution in [0.25, 0.3) is 0 Å². The molecule has 0 aromatic carbocycles. The summed E-state index contributed by atoms with van der Waals surface area (Å²) in [5, 5.41) is 12.5. The van der Waals surface area contributed by atoms with Gasteiger partial charge in [0.25, 0.3) is 0 Å². The largest absolute Gasteiger partial charge is 0.388 e. The highest BCUT2D eigenvalue weighted by atomic mass is 16.5. The molecule has 1 rings (SSSR count). The number of aromatic nitrogens is 1. The second-order valence-electron chi connectivity index (χ2n) is 3.58. The molecule has 0 saturated carbocycles. The van der Waals surface area contributed by atoms with Crippen molar-refractivity contribution in [1.82, 2.24) is 5.16 Å². The quantitative estimate of drug-likeness (QED) is 0.764. The van der Waals surface area contributed by atoms with Crippen LogP contribution in [0, 0.1) is 0 Å². The third kappa shape index (κ3) is 2.82. The summed E-state index contributed by atoms with van der Waals surface area (Å²) in [5.74, 6) is 0.488. The van der Waals surface area contributed by atoms with Crippen molar-refractivity contribution in [2.75, 3.05) is 7.11 Å². The number of aliphatic hydroxyl groups excluding tert-OH is 1. The molecule has 0 radical (unpaired) electrons. The molecular weight excluding hydrogens is 170 g/mol. The van der Waals surface area contributed by atoms with E-state index in [9.17, 15) is 0 Å². The molecule has 0 spiro atoms. The van der Waals surface area contributed by atoms with Crippen molar-refractivity contribution in [3.63, 3.8) is 0 Å². The van der Waals surface area contributed by atoms with Crippen molar-refractivity contribution < 1.29 is 14.4 Å². The number of aliphatic hydroxyl groups is 1. The topological polar surface area (TPSA) is 55.5 Å². The fraction of sp³-hybridized carbons (Fsp3) is 0.667. The Morgan fingerprint density at radius 1 is 1.62 bits per heavy atom. The molecule has 4 nitrogen and oxygen atoms in total. The fourth-order valence-electron chi connectivity index (χ4n) is 1.02. The smallest absolute Gasteiger partial charge is 0.162 e. The average Bonchev–Trinajstić information content (AvgIpc) is 2.52. The first-order valence-electron chi connectivity index (χ1n) is 4.18. The van der Waals surface area contributed by atoms with E-state index in [2.05, 4.69) is 5.16 Å². The minimum absolute atomic E-state index is 0.111. The van der Waals surface area contributed by atoms with Crippen LogP contribution in [0.5, 0.6) is 0 Å². The number of hydrogen-bond acceptors (Lipinski definition) is 4. The van der Waals surface area contributed by atoms with Gasteiger partial charge in [-0.3, -0.25) is 0 Å². The zero-order valence-electron chi connectivity index (χ0n) is 8.20. The van der Waals surface area contributed by atoms with E-state index >= 15 is 0 Å². The zero-order valence-corrected chi connectivity index (χ0v) is 8.20. The van der Waals surface area contributed by atoms with E-state index in [0.29, 0.717) is 12.2 Å². The third-order valence-corrected chi connectivity index (χ3v) is 1.92. The Bertz CT molecular complexity index is 268. The van der Waals surface area contributed by atoms with Gasteiger partial charge >= 0.3 is 0 Å². The summed E-state index contributed by atoms with van der Waals surface area (Å²) in [6.45, 7) is 3.83. The minimum Gasteiger partial charge on any atom is -0.388 e. The number of methoxy groups -OCH3 is 1. The van der Waals surface area contributed by atoms with Crippen LogP contribution in [-0.2, 0) is 17.8 Å². The molecule has 4 heteroatoms. The molecular formula is C9H15NO3. The van der Waals surface area contributed by atoms with Gasteiger partial charge in [-0.2, -0.15) is 0 Å². The van der Waals surface area contributed by atoms with E-state index in [4.69, 9.17) is 14.4 Å². The van der Waals surface area contributed by atoms with Gasteiger partial charge in [0.05, 0.1) is 11.3 Å². The summed E-state index contributed by atoms with van der Waals surface area (Å²) in [4.78, 5) is 0. The number of nitrogens with zero attached hydrogens (tertiary/aromatic N) is 1. The van der Waals surface area contributed by atoms with Crippen LogP contribution >= 0.6 is 0 Å². The Hall–Kier alpha value is -0.870. The highest BCUT2D eigenvalue weighted by Crippen LogP contribution is 2.15. The molecule has 74 valence electrons. The Morgan fingerprint density at radius 3 is 2.77 bits per heavy atom. The van der Waals surface area contributed by atoms with Crippen LogP contribution in [0.15, 0.2) is 10.6 Å². The molecule has 0 aliphatic heterocycles. The summed E-state index contributed by atoms with van der Waals surface area (Å²) in [6.07, 6.45) is 0.674.